The number of hydrogen-bond acceptors (Lipinski definition) is 2. The van der Waals surface area contributed by atoms with Crippen LogP contribution in [-0.2, 0) is 4.74 Å². The number of aliphatic hydroxyl groups excluding tert-OH is 1. The summed E-state index contributed by atoms with van der Waals surface area (Å²) in [5, 5.41) is 9.63. The molecule has 0 saturated heterocycles. The van der Waals surface area contributed by atoms with E-state index in [2.05, 4.69) is 26.0 Å². The van der Waals surface area contributed by atoms with Gasteiger partial charge in [-0.15, -0.1) is 0 Å². The third-order valence-corrected chi connectivity index (χ3v) is 2.31. The molecule has 0 aliphatic carbocycles. The van der Waals surface area contributed by atoms with E-state index < -0.39 is 6.10 Å². The van der Waals surface area contributed by atoms with Gasteiger partial charge >= 0.3 is 0 Å². The number of hydrogen-bond donors (Lipinski definition) is 1. The number of aliphatic hydroxyl groups is 1. The lowest BCUT2D eigenvalue weighted by molar-refractivity contribution is 0.0644. The van der Waals surface area contributed by atoms with E-state index in [-0.39, 0.29) is 0 Å². The van der Waals surface area contributed by atoms with Crippen LogP contribution in [0.1, 0.15) is 37.0 Å². The molecule has 0 radical (unpaired) electrons. The Morgan fingerprint density at radius 3 is 2.07 bits per heavy atom. The van der Waals surface area contributed by atoms with Crippen LogP contribution in [0.2, 0.25) is 0 Å². The fraction of sp³-hybridized carbons (Fsp3) is 0.500. The van der Waals surface area contributed by atoms with Gasteiger partial charge in [-0.25, -0.2) is 0 Å². The van der Waals surface area contributed by atoms with Gasteiger partial charge in [-0.05, 0) is 17.0 Å². The van der Waals surface area contributed by atoms with Crippen LogP contribution in [0.15, 0.2) is 24.3 Å². The number of methoxy groups -OCH3 is 1. The highest BCUT2D eigenvalue weighted by atomic mass is 16.5. The largest absolute Gasteiger partial charge is 0.386 e. The normalized spacial score (nSPS) is 13.2. The standard InChI is InChI=1S/C12H18O2/c1-9(2)10-4-6-11(7-5-10)12(13)8-14-3/h4-7,9,12-13H,8H2,1-3H3. The summed E-state index contributed by atoms with van der Waals surface area (Å²) >= 11 is 0. The molecule has 0 fully saturated rings. The molecule has 14 heavy (non-hydrogen) atoms. The summed E-state index contributed by atoms with van der Waals surface area (Å²) in [4.78, 5) is 0. The van der Waals surface area contributed by atoms with Gasteiger partial charge in [0.05, 0.1) is 6.61 Å². The predicted octanol–water partition coefficient (Wildman–Crippen LogP) is 2.49. The first-order valence-corrected chi connectivity index (χ1v) is 4.92. The first-order valence-electron chi connectivity index (χ1n) is 4.92. The predicted molar refractivity (Wildman–Crippen MR) is 57.4 cm³/mol. The molecule has 2 heteroatoms. The van der Waals surface area contributed by atoms with Gasteiger partial charge in [-0.3, -0.25) is 0 Å². The molecule has 0 aliphatic rings. The molecule has 0 heterocycles. The van der Waals surface area contributed by atoms with Crippen LogP contribution >= 0.6 is 0 Å². The van der Waals surface area contributed by atoms with Crippen molar-refractivity contribution >= 4 is 0 Å². The van der Waals surface area contributed by atoms with Crippen molar-refractivity contribution in [3.8, 4) is 0 Å². The Labute approximate surface area is 85.5 Å². The number of benzene rings is 1. The minimum atomic E-state index is -0.513. The molecule has 0 spiro atoms. The highest BCUT2D eigenvalue weighted by Crippen LogP contribution is 2.18. The van der Waals surface area contributed by atoms with E-state index in [1.165, 1.54) is 5.56 Å². The molecule has 1 rings (SSSR count). The molecule has 0 amide bonds. The zero-order valence-corrected chi connectivity index (χ0v) is 9.03. The van der Waals surface area contributed by atoms with Gasteiger partial charge < -0.3 is 9.84 Å². The van der Waals surface area contributed by atoms with E-state index >= 15 is 0 Å². The second-order valence-electron chi connectivity index (χ2n) is 3.79. The first kappa shape index (κ1) is 11.2. The highest BCUT2D eigenvalue weighted by molar-refractivity contribution is 5.26. The maximum Gasteiger partial charge on any atom is 0.102 e. The Kier molecular flexibility index (Phi) is 4.11. The second-order valence-corrected chi connectivity index (χ2v) is 3.79. The molecule has 1 aromatic carbocycles. The van der Waals surface area contributed by atoms with Crippen LogP contribution in [0.3, 0.4) is 0 Å². The fourth-order valence-electron chi connectivity index (χ4n) is 1.36. The Morgan fingerprint density at radius 2 is 1.64 bits per heavy atom. The van der Waals surface area contributed by atoms with Crippen LogP contribution in [0.4, 0.5) is 0 Å². The van der Waals surface area contributed by atoms with Gasteiger partial charge in [-0.1, -0.05) is 38.1 Å². The molecule has 1 atom stereocenters. The Bertz CT molecular complexity index is 264. The van der Waals surface area contributed by atoms with E-state index in [0.717, 1.165) is 5.56 Å². The van der Waals surface area contributed by atoms with Gasteiger partial charge in [0.2, 0.25) is 0 Å². The van der Waals surface area contributed by atoms with Crippen LogP contribution in [-0.4, -0.2) is 18.8 Å². The smallest absolute Gasteiger partial charge is 0.102 e. The molecule has 0 aliphatic heterocycles. The molecule has 78 valence electrons. The van der Waals surface area contributed by atoms with Gasteiger partial charge in [-0.2, -0.15) is 0 Å². The molecular formula is C12H18O2. The van der Waals surface area contributed by atoms with Crippen molar-refractivity contribution in [1.82, 2.24) is 0 Å². The molecule has 0 bridgehead atoms. The minimum Gasteiger partial charge on any atom is -0.386 e. The van der Waals surface area contributed by atoms with Crippen LogP contribution in [0.25, 0.3) is 0 Å². The summed E-state index contributed by atoms with van der Waals surface area (Å²) in [6, 6.07) is 8.02. The molecule has 1 unspecified atom stereocenters. The van der Waals surface area contributed by atoms with Crippen molar-refractivity contribution < 1.29 is 9.84 Å². The van der Waals surface area contributed by atoms with Gasteiger partial charge in [0.25, 0.3) is 0 Å². The van der Waals surface area contributed by atoms with Gasteiger partial charge in [0, 0.05) is 7.11 Å². The van der Waals surface area contributed by atoms with E-state index in [9.17, 15) is 5.11 Å². The number of ether oxygens (including phenoxy) is 1. The lowest BCUT2D eigenvalue weighted by Crippen LogP contribution is -2.04. The van der Waals surface area contributed by atoms with Crippen LogP contribution in [0, 0.1) is 0 Å². The van der Waals surface area contributed by atoms with Crippen molar-refractivity contribution in [1.29, 1.82) is 0 Å². The fourth-order valence-corrected chi connectivity index (χ4v) is 1.36. The summed E-state index contributed by atoms with van der Waals surface area (Å²) in [5.74, 6) is 0.531. The minimum absolute atomic E-state index is 0.348. The van der Waals surface area contributed by atoms with Crippen molar-refractivity contribution in [2.24, 2.45) is 0 Å². The molecule has 1 N–H and O–H groups in total. The summed E-state index contributed by atoms with van der Waals surface area (Å²) in [5.41, 5.74) is 2.20. The summed E-state index contributed by atoms with van der Waals surface area (Å²) < 4.78 is 4.89. The monoisotopic (exact) mass is 194 g/mol. The molecule has 2 nitrogen and oxygen atoms in total. The Hall–Kier alpha value is -0.860. The maximum absolute atomic E-state index is 9.63. The van der Waals surface area contributed by atoms with Crippen LogP contribution < -0.4 is 0 Å². The van der Waals surface area contributed by atoms with E-state index in [1.54, 1.807) is 7.11 Å². The first-order chi connectivity index (χ1) is 6.65. The van der Waals surface area contributed by atoms with Crippen molar-refractivity contribution in [2.45, 2.75) is 25.9 Å². The topological polar surface area (TPSA) is 29.5 Å². The van der Waals surface area contributed by atoms with E-state index in [1.807, 2.05) is 12.1 Å². The number of rotatable bonds is 4. The second kappa shape index (κ2) is 5.13. The SMILES string of the molecule is COCC(O)c1ccc(C(C)C)cc1. The zero-order valence-electron chi connectivity index (χ0n) is 9.03. The van der Waals surface area contributed by atoms with E-state index in [4.69, 9.17) is 4.74 Å². The quantitative estimate of drug-likeness (QED) is 0.798. The summed E-state index contributed by atoms with van der Waals surface area (Å²) in [6.45, 7) is 4.65. The average molecular weight is 194 g/mol. The maximum atomic E-state index is 9.63. The lowest BCUT2D eigenvalue weighted by atomic mass is 10.0. The molecular weight excluding hydrogens is 176 g/mol. The molecule has 0 aromatic heterocycles. The van der Waals surface area contributed by atoms with Crippen molar-refractivity contribution in [2.75, 3.05) is 13.7 Å². The van der Waals surface area contributed by atoms with Crippen molar-refractivity contribution in [3.63, 3.8) is 0 Å². The highest BCUT2D eigenvalue weighted by Gasteiger charge is 2.06. The summed E-state index contributed by atoms with van der Waals surface area (Å²) in [6.07, 6.45) is -0.513. The van der Waals surface area contributed by atoms with Crippen LogP contribution in [0.5, 0.6) is 0 Å². The summed E-state index contributed by atoms with van der Waals surface area (Å²) in [7, 11) is 1.59. The van der Waals surface area contributed by atoms with Crippen molar-refractivity contribution in [3.05, 3.63) is 35.4 Å². The zero-order chi connectivity index (χ0) is 10.6. The third kappa shape index (κ3) is 2.82. The third-order valence-electron chi connectivity index (χ3n) is 2.31. The Balaban J connectivity index is 2.72. The van der Waals surface area contributed by atoms with Gasteiger partial charge in [0.1, 0.15) is 6.10 Å². The average Bonchev–Trinajstić information content (AvgIpc) is 2.18. The molecule has 1 aromatic rings. The van der Waals surface area contributed by atoms with E-state index in [0.29, 0.717) is 12.5 Å². The Morgan fingerprint density at radius 1 is 1.14 bits per heavy atom. The molecule has 0 saturated carbocycles. The van der Waals surface area contributed by atoms with Gasteiger partial charge in [0.15, 0.2) is 0 Å². The lowest BCUT2D eigenvalue weighted by Gasteiger charge is -2.11.